The molecule has 3 heteroatoms. The lowest BCUT2D eigenvalue weighted by atomic mass is 9.82. The van der Waals surface area contributed by atoms with Gasteiger partial charge in [0.2, 0.25) is 0 Å². The van der Waals surface area contributed by atoms with Gasteiger partial charge in [0, 0.05) is 6.61 Å². The maximum absolute atomic E-state index is 7.88. The van der Waals surface area contributed by atoms with Gasteiger partial charge in [-0.2, -0.15) is 0 Å². The molecule has 0 radical (unpaired) electrons. The molecular formula is C11H22N2O. The molecule has 1 atom stereocenters. The SMILES string of the molecule is C=CC(=N)C(CCN)(OCC)C(C)C. The summed E-state index contributed by atoms with van der Waals surface area (Å²) in [6.45, 7) is 10.8. The maximum Gasteiger partial charge on any atom is 0.113 e. The van der Waals surface area contributed by atoms with Gasteiger partial charge in [-0.25, -0.2) is 0 Å². The summed E-state index contributed by atoms with van der Waals surface area (Å²) >= 11 is 0. The van der Waals surface area contributed by atoms with E-state index < -0.39 is 5.60 Å². The standard InChI is InChI=1S/C11H22N2O/c1-5-10(13)11(7-8-12,9(3)4)14-6-2/h5,9,13H,1,6-8,12H2,2-4H3. The number of nitrogens with one attached hydrogen (secondary N) is 1. The molecule has 82 valence electrons. The second-order valence-electron chi connectivity index (χ2n) is 3.63. The Balaban J connectivity index is 4.91. The molecule has 3 nitrogen and oxygen atoms in total. The molecule has 0 aliphatic heterocycles. The van der Waals surface area contributed by atoms with Gasteiger partial charge in [0.05, 0.1) is 5.71 Å². The first-order chi connectivity index (χ1) is 6.55. The Morgan fingerprint density at radius 3 is 2.50 bits per heavy atom. The Bertz CT molecular complexity index is 193. The fourth-order valence-corrected chi connectivity index (χ4v) is 1.70. The van der Waals surface area contributed by atoms with Crippen LogP contribution in [0.5, 0.6) is 0 Å². The van der Waals surface area contributed by atoms with Gasteiger partial charge in [-0.1, -0.05) is 20.4 Å². The summed E-state index contributed by atoms with van der Waals surface area (Å²) in [5.74, 6) is 0.233. The van der Waals surface area contributed by atoms with Crippen molar-refractivity contribution in [3.8, 4) is 0 Å². The van der Waals surface area contributed by atoms with Crippen LogP contribution >= 0.6 is 0 Å². The van der Waals surface area contributed by atoms with E-state index in [0.717, 1.165) is 0 Å². The molecule has 0 heterocycles. The Labute approximate surface area is 86.8 Å². The minimum absolute atomic E-state index is 0.233. The van der Waals surface area contributed by atoms with Gasteiger partial charge in [0.25, 0.3) is 0 Å². The monoisotopic (exact) mass is 198 g/mol. The van der Waals surface area contributed by atoms with E-state index in [9.17, 15) is 0 Å². The molecule has 0 saturated carbocycles. The summed E-state index contributed by atoms with van der Waals surface area (Å²) < 4.78 is 5.71. The molecule has 0 bridgehead atoms. The summed E-state index contributed by atoms with van der Waals surface area (Å²) in [4.78, 5) is 0. The Morgan fingerprint density at radius 1 is 1.64 bits per heavy atom. The molecule has 0 aromatic carbocycles. The maximum atomic E-state index is 7.88. The molecule has 0 saturated heterocycles. The lowest BCUT2D eigenvalue weighted by molar-refractivity contribution is -0.0224. The van der Waals surface area contributed by atoms with E-state index in [0.29, 0.717) is 25.3 Å². The van der Waals surface area contributed by atoms with Crippen LogP contribution in [0.25, 0.3) is 0 Å². The summed E-state index contributed by atoms with van der Waals surface area (Å²) in [6, 6.07) is 0. The zero-order chi connectivity index (χ0) is 11.2. The minimum Gasteiger partial charge on any atom is -0.369 e. The van der Waals surface area contributed by atoms with Crippen LogP contribution in [0.1, 0.15) is 27.2 Å². The van der Waals surface area contributed by atoms with Crippen molar-refractivity contribution < 1.29 is 4.74 Å². The zero-order valence-electron chi connectivity index (χ0n) is 9.47. The zero-order valence-corrected chi connectivity index (χ0v) is 9.47. The van der Waals surface area contributed by atoms with Crippen LogP contribution in [0.2, 0.25) is 0 Å². The molecule has 0 aliphatic rings. The van der Waals surface area contributed by atoms with Crippen molar-refractivity contribution in [2.24, 2.45) is 11.7 Å². The Hall–Kier alpha value is -0.670. The highest BCUT2D eigenvalue weighted by Gasteiger charge is 2.36. The van der Waals surface area contributed by atoms with Crippen LogP contribution < -0.4 is 5.73 Å². The third-order valence-corrected chi connectivity index (χ3v) is 2.51. The number of nitrogens with two attached hydrogens (primary N) is 1. The molecule has 0 spiro atoms. The number of hydrogen-bond acceptors (Lipinski definition) is 3. The largest absolute Gasteiger partial charge is 0.369 e. The highest BCUT2D eigenvalue weighted by Crippen LogP contribution is 2.27. The van der Waals surface area contributed by atoms with E-state index in [2.05, 4.69) is 6.58 Å². The highest BCUT2D eigenvalue weighted by molar-refractivity contribution is 5.99. The second kappa shape index (κ2) is 5.94. The van der Waals surface area contributed by atoms with Crippen LogP contribution in [-0.4, -0.2) is 24.5 Å². The topological polar surface area (TPSA) is 59.1 Å². The first-order valence-electron chi connectivity index (χ1n) is 5.10. The van der Waals surface area contributed by atoms with Gasteiger partial charge in [-0.15, -0.1) is 0 Å². The summed E-state index contributed by atoms with van der Waals surface area (Å²) in [5, 5.41) is 7.88. The molecule has 14 heavy (non-hydrogen) atoms. The lowest BCUT2D eigenvalue weighted by Crippen LogP contribution is -2.47. The second-order valence-corrected chi connectivity index (χ2v) is 3.63. The van der Waals surface area contributed by atoms with Crippen LogP contribution in [0.3, 0.4) is 0 Å². The van der Waals surface area contributed by atoms with Crippen LogP contribution in [0.4, 0.5) is 0 Å². The summed E-state index contributed by atoms with van der Waals surface area (Å²) in [7, 11) is 0. The third-order valence-electron chi connectivity index (χ3n) is 2.51. The molecule has 0 rings (SSSR count). The number of rotatable bonds is 7. The first-order valence-corrected chi connectivity index (χ1v) is 5.10. The predicted octanol–water partition coefficient (Wildman–Crippen LogP) is 1.97. The van der Waals surface area contributed by atoms with E-state index >= 15 is 0 Å². The van der Waals surface area contributed by atoms with Gasteiger partial charge in [-0.3, -0.25) is 0 Å². The quantitative estimate of drug-likeness (QED) is 0.614. The van der Waals surface area contributed by atoms with Crippen molar-refractivity contribution in [2.75, 3.05) is 13.2 Å². The summed E-state index contributed by atoms with van der Waals surface area (Å²) in [5.41, 5.74) is 5.44. The van der Waals surface area contributed by atoms with E-state index in [1.807, 2.05) is 20.8 Å². The Kier molecular flexibility index (Phi) is 5.65. The molecule has 3 N–H and O–H groups in total. The van der Waals surface area contributed by atoms with Gasteiger partial charge in [0.1, 0.15) is 5.60 Å². The first kappa shape index (κ1) is 13.3. The lowest BCUT2D eigenvalue weighted by Gasteiger charge is -2.36. The van der Waals surface area contributed by atoms with E-state index in [1.165, 1.54) is 0 Å². The van der Waals surface area contributed by atoms with E-state index in [4.69, 9.17) is 15.9 Å². The third kappa shape index (κ3) is 2.66. The predicted molar refractivity (Wildman–Crippen MR) is 60.8 cm³/mol. The van der Waals surface area contributed by atoms with Gasteiger partial charge in [-0.05, 0) is 31.9 Å². The Morgan fingerprint density at radius 2 is 2.21 bits per heavy atom. The fraction of sp³-hybridized carbons (Fsp3) is 0.727. The van der Waals surface area contributed by atoms with Crippen molar-refractivity contribution in [2.45, 2.75) is 32.8 Å². The fourth-order valence-electron chi connectivity index (χ4n) is 1.70. The van der Waals surface area contributed by atoms with Crippen molar-refractivity contribution in [3.05, 3.63) is 12.7 Å². The van der Waals surface area contributed by atoms with E-state index in [-0.39, 0.29) is 5.92 Å². The number of ether oxygens (including phenoxy) is 1. The van der Waals surface area contributed by atoms with Crippen LogP contribution in [0.15, 0.2) is 12.7 Å². The van der Waals surface area contributed by atoms with Gasteiger partial charge < -0.3 is 15.9 Å². The minimum atomic E-state index is -0.550. The molecular weight excluding hydrogens is 176 g/mol. The molecule has 0 fully saturated rings. The summed E-state index contributed by atoms with van der Waals surface area (Å²) in [6.07, 6.45) is 2.22. The van der Waals surface area contributed by atoms with Crippen molar-refractivity contribution in [1.82, 2.24) is 0 Å². The molecule has 1 unspecified atom stereocenters. The van der Waals surface area contributed by atoms with Crippen LogP contribution in [-0.2, 0) is 4.74 Å². The average Bonchev–Trinajstić information content (AvgIpc) is 2.15. The van der Waals surface area contributed by atoms with E-state index in [1.54, 1.807) is 6.08 Å². The normalized spacial score (nSPS) is 15.2. The number of hydrogen-bond donors (Lipinski definition) is 2. The molecule has 0 amide bonds. The van der Waals surface area contributed by atoms with Crippen LogP contribution in [0, 0.1) is 11.3 Å². The van der Waals surface area contributed by atoms with Crippen molar-refractivity contribution in [1.29, 1.82) is 5.41 Å². The van der Waals surface area contributed by atoms with Crippen molar-refractivity contribution >= 4 is 5.71 Å². The molecule has 0 aliphatic carbocycles. The molecule has 0 aromatic heterocycles. The highest BCUT2D eigenvalue weighted by atomic mass is 16.5. The smallest absolute Gasteiger partial charge is 0.113 e. The average molecular weight is 198 g/mol. The van der Waals surface area contributed by atoms with Gasteiger partial charge >= 0.3 is 0 Å². The van der Waals surface area contributed by atoms with Gasteiger partial charge in [0.15, 0.2) is 0 Å². The van der Waals surface area contributed by atoms with Crippen molar-refractivity contribution in [3.63, 3.8) is 0 Å². The molecule has 0 aromatic rings.